The normalized spacial score (nSPS) is 13.0. The predicted molar refractivity (Wildman–Crippen MR) is 80.9 cm³/mol. The summed E-state index contributed by atoms with van der Waals surface area (Å²) in [6.07, 6.45) is 0. The summed E-state index contributed by atoms with van der Waals surface area (Å²) in [5.74, 6) is -0.966. The zero-order valence-electron chi connectivity index (χ0n) is 13.2. The molecule has 1 aromatic carbocycles. The van der Waals surface area contributed by atoms with Gasteiger partial charge in [0.2, 0.25) is 10.0 Å². The van der Waals surface area contributed by atoms with Crippen LogP contribution < -0.4 is 14.2 Å². The van der Waals surface area contributed by atoms with Crippen molar-refractivity contribution >= 4 is 16.0 Å². The molecule has 0 aromatic heterocycles. The summed E-state index contributed by atoms with van der Waals surface area (Å²) in [4.78, 5) is 11.1. The number of nitrogens with one attached hydrogen (secondary N) is 1. The zero-order chi connectivity index (χ0) is 17.1. The molecule has 0 radical (unpaired) electrons. The molecule has 0 saturated heterocycles. The maximum Gasteiger partial charge on any atom is 0.322 e. The third-order valence-electron chi connectivity index (χ3n) is 3.19. The predicted octanol–water partition coefficient (Wildman–Crippen LogP) is 1.40. The molecule has 0 heterocycles. The molecule has 0 saturated carbocycles. The van der Waals surface area contributed by atoms with Gasteiger partial charge in [0.15, 0.2) is 11.5 Å². The summed E-state index contributed by atoms with van der Waals surface area (Å²) in [5.41, 5.74) is 0.429. The number of rotatable bonds is 7. The molecule has 0 amide bonds. The van der Waals surface area contributed by atoms with Crippen molar-refractivity contribution in [1.29, 1.82) is 0 Å². The number of hydrogen-bond donors (Lipinski definition) is 2. The summed E-state index contributed by atoms with van der Waals surface area (Å²) in [7, 11) is -1.16. The topological polar surface area (TPSA) is 102 Å². The van der Waals surface area contributed by atoms with Crippen molar-refractivity contribution in [3.63, 3.8) is 0 Å². The summed E-state index contributed by atoms with van der Waals surface area (Å²) in [6.45, 7) is 4.85. The van der Waals surface area contributed by atoms with Gasteiger partial charge in [-0.1, -0.05) is 13.8 Å². The van der Waals surface area contributed by atoms with Crippen molar-refractivity contribution < 1.29 is 27.8 Å². The first-order valence-electron chi connectivity index (χ1n) is 6.61. The van der Waals surface area contributed by atoms with Crippen LogP contribution in [0.1, 0.15) is 19.4 Å². The van der Waals surface area contributed by atoms with E-state index in [0.29, 0.717) is 11.3 Å². The fourth-order valence-electron chi connectivity index (χ4n) is 1.95. The maximum atomic E-state index is 12.5. The van der Waals surface area contributed by atoms with E-state index in [1.807, 2.05) is 0 Å². The van der Waals surface area contributed by atoms with E-state index in [-0.39, 0.29) is 10.6 Å². The SMILES string of the molecule is COc1cc(C)c(S(=O)(=O)NC(C(=O)O)C(C)C)cc1OC. The van der Waals surface area contributed by atoms with Crippen LogP contribution in [0.2, 0.25) is 0 Å². The molecule has 0 aliphatic carbocycles. The first kappa shape index (κ1) is 18.2. The number of sulfonamides is 1. The number of ether oxygens (including phenoxy) is 2. The lowest BCUT2D eigenvalue weighted by Gasteiger charge is -2.19. The Morgan fingerprint density at radius 3 is 2.09 bits per heavy atom. The molecule has 1 atom stereocenters. The van der Waals surface area contributed by atoms with Crippen molar-refractivity contribution in [3.8, 4) is 11.5 Å². The summed E-state index contributed by atoms with van der Waals surface area (Å²) in [6, 6.07) is 1.63. The average molecular weight is 331 g/mol. The van der Waals surface area contributed by atoms with Crippen molar-refractivity contribution in [2.24, 2.45) is 5.92 Å². The van der Waals surface area contributed by atoms with Crippen LogP contribution in [0, 0.1) is 12.8 Å². The van der Waals surface area contributed by atoms with Crippen LogP contribution in [0.3, 0.4) is 0 Å². The van der Waals surface area contributed by atoms with E-state index in [9.17, 15) is 13.2 Å². The van der Waals surface area contributed by atoms with Gasteiger partial charge in [-0.3, -0.25) is 4.79 Å². The summed E-state index contributed by atoms with van der Waals surface area (Å²) in [5, 5.41) is 9.13. The molecule has 1 aromatic rings. The summed E-state index contributed by atoms with van der Waals surface area (Å²) < 4.78 is 37.4. The number of aliphatic carboxylic acids is 1. The van der Waals surface area contributed by atoms with Gasteiger partial charge in [0.05, 0.1) is 19.1 Å². The second-order valence-electron chi connectivity index (χ2n) is 5.15. The van der Waals surface area contributed by atoms with Gasteiger partial charge in [-0.25, -0.2) is 8.42 Å². The Morgan fingerprint density at radius 1 is 1.18 bits per heavy atom. The lowest BCUT2D eigenvalue weighted by atomic mass is 10.1. The van der Waals surface area contributed by atoms with Gasteiger partial charge < -0.3 is 14.6 Å². The molecule has 124 valence electrons. The van der Waals surface area contributed by atoms with E-state index in [1.54, 1.807) is 20.8 Å². The summed E-state index contributed by atoms with van der Waals surface area (Å²) >= 11 is 0. The van der Waals surface area contributed by atoms with E-state index >= 15 is 0 Å². The van der Waals surface area contributed by atoms with E-state index in [2.05, 4.69) is 4.72 Å². The first-order chi connectivity index (χ1) is 10.1. The van der Waals surface area contributed by atoms with Crippen molar-refractivity contribution in [2.75, 3.05) is 14.2 Å². The van der Waals surface area contributed by atoms with Gasteiger partial charge in [0, 0.05) is 6.07 Å². The van der Waals surface area contributed by atoms with Gasteiger partial charge >= 0.3 is 5.97 Å². The Hall–Kier alpha value is -1.80. The van der Waals surface area contributed by atoms with Gasteiger partial charge in [-0.2, -0.15) is 4.72 Å². The number of carbonyl (C=O) groups is 1. The van der Waals surface area contributed by atoms with Crippen LogP contribution in [0.15, 0.2) is 17.0 Å². The highest BCUT2D eigenvalue weighted by Gasteiger charge is 2.29. The van der Waals surface area contributed by atoms with Crippen LogP contribution in [-0.2, 0) is 14.8 Å². The van der Waals surface area contributed by atoms with Crippen LogP contribution in [-0.4, -0.2) is 39.8 Å². The molecular formula is C14H21NO6S. The number of benzene rings is 1. The molecule has 1 rings (SSSR count). The molecule has 22 heavy (non-hydrogen) atoms. The quantitative estimate of drug-likeness (QED) is 0.783. The van der Waals surface area contributed by atoms with E-state index < -0.39 is 28.0 Å². The standard InChI is InChI=1S/C14H21NO6S/c1-8(2)13(14(16)17)15-22(18,19)12-7-11(21-5)10(20-4)6-9(12)3/h6-8,13,15H,1-5H3,(H,16,17). The van der Waals surface area contributed by atoms with E-state index in [4.69, 9.17) is 14.6 Å². The molecule has 8 heteroatoms. The minimum Gasteiger partial charge on any atom is -0.493 e. The van der Waals surface area contributed by atoms with Gasteiger partial charge in [-0.05, 0) is 24.5 Å². The Morgan fingerprint density at radius 2 is 1.68 bits per heavy atom. The molecule has 0 fully saturated rings. The minimum atomic E-state index is -4.00. The Labute approximate surface area is 130 Å². The third-order valence-corrected chi connectivity index (χ3v) is 4.77. The largest absolute Gasteiger partial charge is 0.493 e. The van der Waals surface area contributed by atoms with Gasteiger partial charge in [0.25, 0.3) is 0 Å². The number of carboxylic acid groups (broad SMARTS) is 1. The monoisotopic (exact) mass is 331 g/mol. The van der Waals surface area contributed by atoms with Gasteiger partial charge in [0.1, 0.15) is 6.04 Å². The Balaban J connectivity index is 3.31. The fourth-order valence-corrected chi connectivity index (χ4v) is 3.53. The molecule has 0 aliphatic rings. The lowest BCUT2D eigenvalue weighted by molar-refractivity contribution is -0.140. The van der Waals surface area contributed by atoms with Crippen molar-refractivity contribution in [1.82, 2.24) is 4.72 Å². The lowest BCUT2D eigenvalue weighted by Crippen LogP contribution is -2.44. The number of carboxylic acids is 1. The fraction of sp³-hybridized carbons (Fsp3) is 0.500. The number of hydrogen-bond acceptors (Lipinski definition) is 5. The molecular weight excluding hydrogens is 310 g/mol. The number of methoxy groups -OCH3 is 2. The smallest absolute Gasteiger partial charge is 0.322 e. The Bertz CT molecular complexity index is 654. The number of aryl methyl sites for hydroxylation is 1. The molecule has 0 bridgehead atoms. The second-order valence-corrected chi connectivity index (χ2v) is 6.84. The van der Waals surface area contributed by atoms with Crippen LogP contribution in [0.4, 0.5) is 0 Å². The van der Waals surface area contributed by atoms with Crippen molar-refractivity contribution in [2.45, 2.75) is 31.7 Å². The highest BCUT2D eigenvalue weighted by atomic mass is 32.2. The van der Waals surface area contributed by atoms with E-state index in [0.717, 1.165) is 0 Å². The zero-order valence-corrected chi connectivity index (χ0v) is 14.0. The third kappa shape index (κ3) is 3.89. The maximum absolute atomic E-state index is 12.5. The molecule has 0 aliphatic heterocycles. The van der Waals surface area contributed by atoms with Crippen LogP contribution in [0.25, 0.3) is 0 Å². The first-order valence-corrected chi connectivity index (χ1v) is 8.10. The van der Waals surface area contributed by atoms with E-state index in [1.165, 1.54) is 26.4 Å². The molecule has 0 spiro atoms. The molecule has 7 nitrogen and oxygen atoms in total. The van der Waals surface area contributed by atoms with Crippen LogP contribution >= 0.6 is 0 Å². The average Bonchev–Trinajstić information content (AvgIpc) is 2.43. The second kappa shape index (κ2) is 6.97. The van der Waals surface area contributed by atoms with Gasteiger partial charge in [-0.15, -0.1) is 0 Å². The van der Waals surface area contributed by atoms with Crippen molar-refractivity contribution in [3.05, 3.63) is 17.7 Å². The highest BCUT2D eigenvalue weighted by Crippen LogP contribution is 2.32. The Kier molecular flexibility index (Phi) is 5.78. The highest BCUT2D eigenvalue weighted by molar-refractivity contribution is 7.89. The molecule has 2 N–H and O–H groups in total. The minimum absolute atomic E-state index is 0.0444. The molecule has 1 unspecified atom stereocenters. The van der Waals surface area contributed by atoms with Crippen LogP contribution in [0.5, 0.6) is 11.5 Å².